The predicted octanol–water partition coefficient (Wildman–Crippen LogP) is 6.82. The molecular formula is C22H41NO2Si2. The molecule has 0 saturated heterocycles. The van der Waals surface area contributed by atoms with E-state index >= 15 is 0 Å². The maximum atomic E-state index is 6.59. The standard InChI is InChI=1S/C22H41NO2Si2/c1-21(2,3)26(7,8)24-19-14-15-20(18(17-19)13-11-12-16-23)25-27(9,10)22(4,5)6/h11,13-15,17H,12,16,23H2,1-10H3. The van der Waals surface area contributed by atoms with E-state index in [1.54, 1.807) is 0 Å². The zero-order chi connectivity index (χ0) is 21.1. The van der Waals surface area contributed by atoms with E-state index in [0.717, 1.165) is 23.5 Å². The van der Waals surface area contributed by atoms with Crippen LogP contribution < -0.4 is 14.6 Å². The first-order chi connectivity index (χ1) is 12.1. The molecule has 0 fully saturated rings. The Kier molecular flexibility index (Phi) is 7.59. The molecule has 0 aliphatic carbocycles. The van der Waals surface area contributed by atoms with E-state index in [-0.39, 0.29) is 10.1 Å². The van der Waals surface area contributed by atoms with Gasteiger partial charge in [0.15, 0.2) is 0 Å². The van der Waals surface area contributed by atoms with Gasteiger partial charge in [-0.2, -0.15) is 0 Å². The molecule has 0 aliphatic rings. The second kappa shape index (κ2) is 8.54. The summed E-state index contributed by atoms with van der Waals surface area (Å²) in [5.41, 5.74) is 6.73. The van der Waals surface area contributed by atoms with E-state index in [4.69, 9.17) is 14.6 Å². The normalized spacial score (nSPS) is 13.9. The minimum atomic E-state index is -1.91. The summed E-state index contributed by atoms with van der Waals surface area (Å²) in [5.74, 6) is 1.87. The van der Waals surface area contributed by atoms with Gasteiger partial charge in [-0.25, -0.2) is 0 Å². The van der Waals surface area contributed by atoms with Gasteiger partial charge in [-0.3, -0.25) is 0 Å². The van der Waals surface area contributed by atoms with Crippen LogP contribution in [0.15, 0.2) is 24.3 Å². The van der Waals surface area contributed by atoms with Gasteiger partial charge in [-0.05, 0) is 67.4 Å². The zero-order valence-corrected chi connectivity index (χ0v) is 21.2. The van der Waals surface area contributed by atoms with Crippen LogP contribution in [0.25, 0.3) is 6.08 Å². The quantitative estimate of drug-likeness (QED) is 0.504. The van der Waals surface area contributed by atoms with Crippen LogP contribution in [0, 0.1) is 0 Å². The van der Waals surface area contributed by atoms with Crippen LogP contribution in [0.3, 0.4) is 0 Å². The molecule has 5 heteroatoms. The van der Waals surface area contributed by atoms with E-state index in [9.17, 15) is 0 Å². The van der Waals surface area contributed by atoms with E-state index in [1.807, 2.05) is 0 Å². The number of nitrogens with two attached hydrogens (primary N) is 1. The van der Waals surface area contributed by atoms with Gasteiger partial charge in [0.1, 0.15) is 11.5 Å². The first-order valence-corrected chi connectivity index (χ1v) is 15.8. The lowest BCUT2D eigenvalue weighted by Gasteiger charge is -2.38. The predicted molar refractivity (Wildman–Crippen MR) is 125 cm³/mol. The smallest absolute Gasteiger partial charge is 0.250 e. The topological polar surface area (TPSA) is 44.5 Å². The Labute approximate surface area is 169 Å². The fraction of sp³-hybridized carbons (Fsp3) is 0.636. The van der Waals surface area contributed by atoms with Crippen LogP contribution in [-0.4, -0.2) is 23.2 Å². The molecule has 0 atom stereocenters. The molecule has 27 heavy (non-hydrogen) atoms. The van der Waals surface area contributed by atoms with Crippen molar-refractivity contribution in [2.75, 3.05) is 6.54 Å². The van der Waals surface area contributed by atoms with E-state index in [2.05, 4.69) is 98.1 Å². The first kappa shape index (κ1) is 24.0. The van der Waals surface area contributed by atoms with Gasteiger partial charge in [0.25, 0.3) is 8.32 Å². The molecule has 0 unspecified atom stereocenters. The molecule has 0 amide bonds. The van der Waals surface area contributed by atoms with Crippen molar-refractivity contribution in [1.29, 1.82) is 0 Å². The lowest BCUT2D eigenvalue weighted by Crippen LogP contribution is -2.44. The average Bonchev–Trinajstić information content (AvgIpc) is 2.47. The van der Waals surface area contributed by atoms with Gasteiger partial charge in [-0.1, -0.05) is 53.7 Å². The van der Waals surface area contributed by atoms with Crippen molar-refractivity contribution < 1.29 is 8.85 Å². The maximum absolute atomic E-state index is 6.59. The average molecular weight is 408 g/mol. The van der Waals surface area contributed by atoms with Gasteiger partial charge in [0.05, 0.1) is 0 Å². The highest BCUT2D eigenvalue weighted by Crippen LogP contribution is 2.41. The number of rotatable bonds is 7. The van der Waals surface area contributed by atoms with Crippen LogP contribution in [-0.2, 0) is 0 Å². The molecule has 1 aromatic rings. The molecule has 2 N–H and O–H groups in total. The van der Waals surface area contributed by atoms with Crippen molar-refractivity contribution in [3.63, 3.8) is 0 Å². The molecule has 1 aromatic carbocycles. The van der Waals surface area contributed by atoms with E-state index in [0.29, 0.717) is 6.54 Å². The molecular weight excluding hydrogens is 366 g/mol. The Morgan fingerprint density at radius 3 is 1.89 bits per heavy atom. The summed E-state index contributed by atoms with van der Waals surface area (Å²) in [6.07, 6.45) is 5.09. The van der Waals surface area contributed by atoms with Gasteiger partial charge in [0.2, 0.25) is 8.32 Å². The van der Waals surface area contributed by atoms with E-state index in [1.165, 1.54) is 0 Å². The van der Waals surface area contributed by atoms with Crippen LogP contribution in [0.2, 0.25) is 36.3 Å². The van der Waals surface area contributed by atoms with E-state index < -0.39 is 16.6 Å². The van der Waals surface area contributed by atoms with Crippen molar-refractivity contribution >= 4 is 22.7 Å². The van der Waals surface area contributed by atoms with Crippen LogP contribution >= 0.6 is 0 Å². The summed E-state index contributed by atoms with van der Waals surface area (Å²) < 4.78 is 13.1. The second-order valence-corrected chi connectivity index (χ2v) is 19.9. The first-order valence-electron chi connectivity index (χ1n) is 9.99. The van der Waals surface area contributed by atoms with Crippen LogP contribution in [0.5, 0.6) is 11.5 Å². The Hall–Kier alpha value is -1.05. The molecule has 0 aliphatic heterocycles. The monoisotopic (exact) mass is 407 g/mol. The summed E-state index contributed by atoms with van der Waals surface area (Å²) in [6.45, 7) is 23.3. The largest absolute Gasteiger partial charge is 0.543 e. The van der Waals surface area contributed by atoms with Crippen LogP contribution in [0.1, 0.15) is 53.5 Å². The molecule has 0 radical (unpaired) electrons. The highest BCUT2D eigenvalue weighted by molar-refractivity contribution is 6.75. The van der Waals surface area contributed by atoms with Crippen molar-refractivity contribution in [3.05, 3.63) is 29.8 Å². The Bertz CT molecular complexity index is 653. The minimum Gasteiger partial charge on any atom is -0.543 e. The van der Waals surface area contributed by atoms with Crippen molar-refractivity contribution in [3.8, 4) is 11.5 Å². The summed E-state index contributed by atoms with van der Waals surface area (Å²) in [7, 11) is -3.79. The number of hydrogen-bond donors (Lipinski definition) is 1. The molecule has 0 heterocycles. The van der Waals surface area contributed by atoms with Gasteiger partial charge >= 0.3 is 0 Å². The lowest BCUT2D eigenvalue weighted by molar-refractivity contribution is 0.481. The third kappa shape index (κ3) is 6.51. The van der Waals surface area contributed by atoms with Crippen LogP contribution in [0.4, 0.5) is 0 Å². The third-order valence-corrected chi connectivity index (χ3v) is 14.7. The molecule has 3 nitrogen and oxygen atoms in total. The summed E-state index contributed by atoms with van der Waals surface area (Å²) >= 11 is 0. The highest BCUT2D eigenvalue weighted by Gasteiger charge is 2.40. The zero-order valence-electron chi connectivity index (χ0n) is 19.2. The fourth-order valence-electron chi connectivity index (χ4n) is 2.00. The Balaban J connectivity index is 3.26. The fourth-order valence-corrected chi connectivity index (χ4v) is 4.06. The van der Waals surface area contributed by atoms with Crippen molar-refractivity contribution in [2.45, 2.75) is 84.2 Å². The summed E-state index contributed by atoms with van der Waals surface area (Å²) in [4.78, 5) is 0. The Morgan fingerprint density at radius 1 is 0.889 bits per heavy atom. The summed E-state index contributed by atoms with van der Waals surface area (Å²) in [5, 5.41) is 0.320. The molecule has 0 bridgehead atoms. The molecule has 154 valence electrons. The Morgan fingerprint density at radius 2 is 1.41 bits per heavy atom. The number of benzene rings is 1. The van der Waals surface area contributed by atoms with Gasteiger partial charge < -0.3 is 14.6 Å². The summed E-state index contributed by atoms with van der Waals surface area (Å²) in [6, 6.07) is 6.25. The van der Waals surface area contributed by atoms with Crippen molar-refractivity contribution in [1.82, 2.24) is 0 Å². The molecule has 0 aromatic heterocycles. The van der Waals surface area contributed by atoms with Gasteiger partial charge in [-0.15, -0.1) is 0 Å². The second-order valence-electron chi connectivity index (χ2n) is 10.4. The molecule has 0 saturated carbocycles. The molecule has 0 spiro atoms. The SMILES string of the molecule is CC(C)(C)[Si](C)(C)Oc1ccc(O[Si](C)(C)C(C)(C)C)c(C=CCCN)c1. The highest BCUT2D eigenvalue weighted by atomic mass is 28.4. The molecule has 1 rings (SSSR count). The maximum Gasteiger partial charge on any atom is 0.250 e. The van der Waals surface area contributed by atoms with Gasteiger partial charge in [0, 0.05) is 5.56 Å². The number of hydrogen-bond acceptors (Lipinski definition) is 3. The minimum absolute atomic E-state index is 0.154. The third-order valence-electron chi connectivity index (χ3n) is 5.96. The lowest BCUT2D eigenvalue weighted by atomic mass is 10.1. The van der Waals surface area contributed by atoms with Crippen molar-refractivity contribution in [2.24, 2.45) is 5.73 Å².